The minimum absolute atomic E-state index is 0.0198. The highest BCUT2D eigenvalue weighted by molar-refractivity contribution is 5.92. The number of carbonyl (C=O) groups excluding carboxylic acids is 1. The fraction of sp³-hybridized carbons (Fsp3) is 0.714. The molecule has 0 spiro atoms. The number of hydrogen-bond acceptors (Lipinski definition) is 4. The highest BCUT2D eigenvalue weighted by Crippen LogP contribution is 2.18. The Morgan fingerprint density at radius 3 is 2.84 bits per heavy atom. The molecule has 2 rings (SSSR count). The molecule has 0 radical (unpaired) electrons. The van der Waals surface area contributed by atoms with Crippen LogP contribution in [0.1, 0.15) is 48.3 Å². The van der Waals surface area contributed by atoms with E-state index in [1.165, 1.54) is 0 Å². The van der Waals surface area contributed by atoms with Gasteiger partial charge in [0.05, 0.1) is 5.69 Å². The third-order valence-electron chi connectivity index (χ3n) is 3.53. The molecule has 19 heavy (non-hydrogen) atoms. The van der Waals surface area contributed by atoms with Gasteiger partial charge in [-0.15, -0.1) is 0 Å². The van der Waals surface area contributed by atoms with Gasteiger partial charge in [-0.3, -0.25) is 4.79 Å². The molecule has 1 unspecified atom stereocenters. The molecule has 5 nitrogen and oxygen atoms in total. The highest BCUT2D eigenvalue weighted by Gasteiger charge is 2.28. The Hall–Kier alpha value is -1.36. The number of rotatable bonds is 4. The predicted octanol–water partition coefficient (Wildman–Crippen LogP) is 1.90. The molecular weight excluding hydrogens is 242 g/mol. The van der Waals surface area contributed by atoms with E-state index < -0.39 is 0 Å². The van der Waals surface area contributed by atoms with E-state index in [2.05, 4.69) is 17.2 Å². The van der Waals surface area contributed by atoms with Crippen LogP contribution in [0, 0.1) is 13.8 Å². The van der Waals surface area contributed by atoms with Gasteiger partial charge in [-0.1, -0.05) is 6.92 Å². The van der Waals surface area contributed by atoms with Crippen molar-refractivity contribution in [2.24, 2.45) is 0 Å². The van der Waals surface area contributed by atoms with Crippen molar-refractivity contribution in [3.63, 3.8) is 0 Å². The molecule has 1 aromatic rings. The summed E-state index contributed by atoms with van der Waals surface area (Å²) in [7, 11) is 0. The van der Waals surface area contributed by atoms with Crippen molar-refractivity contribution in [2.45, 2.75) is 46.1 Å². The normalized spacial score (nSPS) is 19.4. The summed E-state index contributed by atoms with van der Waals surface area (Å²) >= 11 is 0. The molecule has 1 aliphatic rings. The van der Waals surface area contributed by atoms with E-state index in [4.69, 9.17) is 4.42 Å². The molecule has 1 amide bonds. The average molecular weight is 265 g/mol. The number of oxazole rings is 1. The second kappa shape index (κ2) is 6.19. The maximum absolute atomic E-state index is 12.6. The molecule has 0 aromatic carbocycles. The molecule has 1 N–H and O–H groups in total. The summed E-state index contributed by atoms with van der Waals surface area (Å²) in [6, 6.07) is 0.269. The first-order valence-electron chi connectivity index (χ1n) is 7.09. The van der Waals surface area contributed by atoms with Gasteiger partial charge >= 0.3 is 0 Å². The molecule has 106 valence electrons. The molecule has 1 atom stereocenters. The fourth-order valence-electron chi connectivity index (χ4n) is 2.65. The number of piperidine rings is 1. The van der Waals surface area contributed by atoms with Crippen LogP contribution in [0.4, 0.5) is 0 Å². The summed E-state index contributed by atoms with van der Waals surface area (Å²) in [5, 5.41) is 3.36. The fourth-order valence-corrected chi connectivity index (χ4v) is 2.65. The molecule has 1 aromatic heterocycles. The zero-order valence-electron chi connectivity index (χ0n) is 12.0. The quantitative estimate of drug-likeness (QED) is 0.903. The SMILES string of the molecule is CCCN(C(=O)c1oc(C)nc1C)C1CCCNC1. The van der Waals surface area contributed by atoms with Gasteiger partial charge in [0.1, 0.15) is 0 Å². The van der Waals surface area contributed by atoms with Crippen LogP contribution >= 0.6 is 0 Å². The summed E-state index contributed by atoms with van der Waals surface area (Å²) in [5.74, 6) is 0.934. The van der Waals surface area contributed by atoms with Gasteiger partial charge in [-0.25, -0.2) is 4.98 Å². The lowest BCUT2D eigenvalue weighted by Gasteiger charge is -2.34. The molecule has 5 heteroatoms. The summed E-state index contributed by atoms with van der Waals surface area (Å²) in [6.07, 6.45) is 3.13. The average Bonchev–Trinajstić information content (AvgIpc) is 2.75. The summed E-state index contributed by atoms with van der Waals surface area (Å²) in [6.45, 7) is 8.38. The van der Waals surface area contributed by atoms with Gasteiger partial charge in [0, 0.05) is 26.1 Å². The lowest BCUT2D eigenvalue weighted by Crippen LogP contribution is -2.49. The summed E-state index contributed by atoms with van der Waals surface area (Å²) in [4.78, 5) is 18.8. The minimum atomic E-state index is -0.0198. The predicted molar refractivity (Wildman–Crippen MR) is 73.2 cm³/mol. The maximum atomic E-state index is 12.6. The Bertz CT molecular complexity index is 436. The largest absolute Gasteiger partial charge is 0.436 e. The molecule has 0 aliphatic carbocycles. The van der Waals surface area contributed by atoms with Crippen LogP contribution in [0.3, 0.4) is 0 Å². The zero-order chi connectivity index (χ0) is 13.8. The topological polar surface area (TPSA) is 58.4 Å². The first kappa shape index (κ1) is 14.1. The van der Waals surface area contributed by atoms with Crippen molar-refractivity contribution in [1.82, 2.24) is 15.2 Å². The first-order valence-corrected chi connectivity index (χ1v) is 7.09. The van der Waals surface area contributed by atoms with E-state index in [-0.39, 0.29) is 11.9 Å². The van der Waals surface area contributed by atoms with Crippen molar-refractivity contribution >= 4 is 5.91 Å². The van der Waals surface area contributed by atoms with Crippen LogP contribution in [-0.4, -0.2) is 41.5 Å². The van der Waals surface area contributed by atoms with Gasteiger partial charge in [0.25, 0.3) is 5.91 Å². The van der Waals surface area contributed by atoms with Crippen molar-refractivity contribution in [1.29, 1.82) is 0 Å². The van der Waals surface area contributed by atoms with Gasteiger partial charge in [0.2, 0.25) is 5.76 Å². The van der Waals surface area contributed by atoms with E-state index in [0.717, 1.165) is 38.9 Å². The van der Waals surface area contributed by atoms with Gasteiger partial charge in [0.15, 0.2) is 5.89 Å². The molecule has 1 saturated heterocycles. The number of amides is 1. The lowest BCUT2D eigenvalue weighted by molar-refractivity contribution is 0.0614. The van der Waals surface area contributed by atoms with Crippen LogP contribution < -0.4 is 5.32 Å². The standard InChI is InChI=1S/C14H23N3O2/c1-4-8-17(12-6-5-7-15-9-12)14(18)13-10(2)16-11(3)19-13/h12,15H,4-9H2,1-3H3. The molecule has 0 saturated carbocycles. The summed E-state index contributed by atoms with van der Waals surface area (Å²) in [5.41, 5.74) is 0.687. The highest BCUT2D eigenvalue weighted by atomic mass is 16.4. The van der Waals surface area contributed by atoms with E-state index in [1.807, 2.05) is 11.8 Å². The number of nitrogens with zero attached hydrogens (tertiary/aromatic N) is 2. The van der Waals surface area contributed by atoms with Crippen LogP contribution in [0.5, 0.6) is 0 Å². The van der Waals surface area contributed by atoms with E-state index in [9.17, 15) is 4.79 Å². The number of carbonyl (C=O) groups is 1. The van der Waals surface area contributed by atoms with Crippen LogP contribution in [-0.2, 0) is 0 Å². The molecule has 0 bridgehead atoms. The Kier molecular flexibility index (Phi) is 4.58. The van der Waals surface area contributed by atoms with E-state index in [1.54, 1.807) is 6.92 Å². The van der Waals surface area contributed by atoms with Gasteiger partial charge in [-0.2, -0.15) is 0 Å². The molecule has 1 aliphatic heterocycles. The maximum Gasteiger partial charge on any atom is 0.291 e. The van der Waals surface area contributed by atoms with Crippen LogP contribution in [0.15, 0.2) is 4.42 Å². The van der Waals surface area contributed by atoms with Crippen molar-refractivity contribution in [3.8, 4) is 0 Å². The third-order valence-corrected chi connectivity index (χ3v) is 3.53. The van der Waals surface area contributed by atoms with Crippen LogP contribution in [0.2, 0.25) is 0 Å². The summed E-state index contributed by atoms with van der Waals surface area (Å²) < 4.78 is 5.47. The van der Waals surface area contributed by atoms with Crippen LogP contribution in [0.25, 0.3) is 0 Å². The van der Waals surface area contributed by atoms with Crippen molar-refractivity contribution in [2.75, 3.05) is 19.6 Å². The Labute approximate surface area is 114 Å². The monoisotopic (exact) mass is 265 g/mol. The Morgan fingerprint density at radius 2 is 2.32 bits per heavy atom. The molecular formula is C14H23N3O2. The number of hydrogen-bond donors (Lipinski definition) is 1. The molecule has 2 heterocycles. The Balaban J connectivity index is 2.17. The lowest BCUT2D eigenvalue weighted by atomic mass is 10.0. The molecule has 1 fully saturated rings. The smallest absolute Gasteiger partial charge is 0.291 e. The Morgan fingerprint density at radius 1 is 1.53 bits per heavy atom. The van der Waals surface area contributed by atoms with Crippen molar-refractivity contribution < 1.29 is 9.21 Å². The number of nitrogens with one attached hydrogen (secondary N) is 1. The second-order valence-electron chi connectivity index (χ2n) is 5.15. The first-order chi connectivity index (χ1) is 9.13. The second-order valence-corrected chi connectivity index (χ2v) is 5.15. The zero-order valence-corrected chi connectivity index (χ0v) is 12.0. The van der Waals surface area contributed by atoms with Gasteiger partial charge in [-0.05, 0) is 32.7 Å². The number of aryl methyl sites for hydroxylation is 2. The van der Waals surface area contributed by atoms with E-state index >= 15 is 0 Å². The van der Waals surface area contributed by atoms with E-state index in [0.29, 0.717) is 17.3 Å². The van der Waals surface area contributed by atoms with Crippen molar-refractivity contribution in [3.05, 3.63) is 17.3 Å². The minimum Gasteiger partial charge on any atom is -0.436 e. The number of aromatic nitrogens is 1. The van der Waals surface area contributed by atoms with Gasteiger partial charge < -0.3 is 14.6 Å². The third kappa shape index (κ3) is 3.15.